The lowest BCUT2D eigenvalue weighted by atomic mass is 9.89. The molecule has 0 radical (unpaired) electrons. The number of nitrogens with zero attached hydrogens (tertiary/aromatic N) is 1. The van der Waals surface area contributed by atoms with Gasteiger partial charge in [-0.15, -0.1) is 0 Å². The van der Waals surface area contributed by atoms with Crippen LogP contribution in [0.15, 0.2) is 0 Å². The molecule has 0 aromatic rings. The maximum absolute atomic E-state index is 12.2. The molecule has 0 bridgehead atoms. The van der Waals surface area contributed by atoms with Gasteiger partial charge in [-0.3, -0.25) is 10.1 Å². The van der Waals surface area contributed by atoms with Crippen molar-refractivity contribution in [2.24, 2.45) is 0 Å². The third kappa shape index (κ3) is 2.94. The number of hydrogen-bond acceptors (Lipinski definition) is 4. The number of amides is 3. The number of carbonyl (C=O) groups is 2. The summed E-state index contributed by atoms with van der Waals surface area (Å²) < 4.78 is 28.2. The molecule has 2 fully saturated rings. The van der Waals surface area contributed by atoms with E-state index in [0.29, 0.717) is 0 Å². The van der Waals surface area contributed by atoms with Crippen LogP contribution in [0.3, 0.4) is 0 Å². The van der Waals surface area contributed by atoms with E-state index < -0.39 is 27.3 Å². The van der Waals surface area contributed by atoms with E-state index in [2.05, 4.69) is 15.4 Å². The molecule has 0 aromatic carbocycles. The number of rotatable bonds is 2. The number of hydrogen-bond donors (Lipinski definition) is 3. The molecule has 0 aromatic heterocycles. The van der Waals surface area contributed by atoms with Gasteiger partial charge in [-0.1, -0.05) is 0 Å². The molecule has 0 unspecified atom stereocenters. The molecule has 2 aliphatic rings. The minimum Gasteiger partial charge on any atom is -0.323 e. The van der Waals surface area contributed by atoms with Gasteiger partial charge in [0.05, 0.1) is 0 Å². The lowest BCUT2D eigenvalue weighted by Crippen LogP contribution is -2.58. The maximum Gasteiger partial charge on any atom is 0.322 e. The van der Waals surface area contributed by atoms with Crippen molar-refractivity contribution >= 4 is 22.1 Å². The molecule has 3 amide bonds. The number of carbonyl (C=O) groups excluding carboxylic acids is 2. The molecule has 0 atom stereocenters. The van der Waals surface area contributed by atoms with Crippen LogP contribution in [0.5, 0.6) is 0 Å². The Hall–Kier alpha value is -1.19. The van der Waals surface area contributed by atoms with E-state index in [1.165, 1.54) is 4.31 Å². The highest BCUT2D eigenvalue weighted by molar-refractivity contribution is 7.87. The first-order valence-electron chi connectivity index (χ1n) is 6.47. The molecule has 0 aliphatic carbocycles. The van der Waals surface area contributed by atoms with Gasteiger partial charge in [0.25, 0.3) is 16.1 Å². The third-order valence-electron chi connectivity index (χ3n) is 3.37. The Labute approximate surface area is 118 Å². The normalized spacial score (nSPS) is 23.8. The molecular formula is C11H20N4O4S. The van der Waals surface area contributed by atoms with Gasteiger partial charge in [-0.05, 0) is 33.6 Å². The van der Waals surface area contributed by atoms with Gasteiger partial charge >= 0.3 is 6.03 Å². The highest BCUT2D eigenvalue weighted by Gasteiger charge is 2.49. The molecule has 2 aliphatic heterocycles. The minimum absolute atomic E-state index is 0.194. The van der Waals surface area contributed by atoms with E-state index in [1.807, 2.05) is 0 Å². The summed E-state index contributed by atoms with van der Waals surface area (Å²) in [6.45, 7) is 5.68. The quantitative estimate of drug-likeness (QED) is 0.586. The van der Waals surface area contributed by atoms with Crippen LogP contribution in [-0.4, -0.2) is 48.8 Å². The first-order chi connectivity index (χ1) is 9.04. The van der Waals surface area contributed by atoms with Crippen LogP contribution in [0.25, 0.3) is 0 Å². The molecule has 9 heteroatoms. The Bertz CT molecular complexity index is 529. The van der Waals surface area contributed by atoms with Crippen LogP contribution in [0.2, 0.25) is 0 Å². The molecule has 2 heterocycles. The average Bonchev–Trinajstić information content (AvgIpc) is 2.51. The largest absolute Gasteiger partial charge is 0.323 e. The van der Waals surface area contributed by atoms with Crippen molar-refractivity contribution in [1.29, 1.82) is 0 Å². The molecule has 3 N–H and O–H groups in total. The van der Waals surface area contributed by atoms with Gasteiger partial charge in [-0.2, -0.15) is 17.4 Å². The fourth-order valence-electron chi connectivity index (χ4n) is 2.44. The Morgan fingerprint density at radius 2 is 1.75 bits per heavy atom. The van der Waals surface area contributed by atoms with Crippen molar-refractivity contribution < 1.29 is 18.0 Å². The van der Waals surface area contributed by atoms with E-state index in [-0.39, 0.29) is 31.8 Å². The Morgan fingerprint density at radius 1 is 1.20 bits per heavy atom. The summed E-state index contributed by atoms with van der Waals surface area (Å²) >= 11 is 0. The van der Waals surface area contributed by atoms with E-state index in [9.17, 15) is 18.0 Å². The van der Waals surface area contributed by atoms with Crippen molar-refractivity contribution in [3.8, 4) is 0 Å². The number of imide groups is 1. The maximum atomic E-state index is 12.2. The van der Waals surface area contributed by atoms with Crippen LogP contribution in [0.4, 0.5) is 4.79 Å². The van der Waals surface area contributed by atoms with Gasteiger partial charge in [0.1, 0.15) is 5.54 Å². The molecule has 2 saturated heterocycles. The standard InChI is InChI=1S/C11H20N4O4S/c1-10(2,3)14-20(18,19)15-6-4-11(5-7-15)8(16)12-9(17)13-11/h14H,4-7H2,1-3H3,(H2,12,13,16,17). The van der Waals surface area contributed by atoms with Gasteiger partial charge in [0.15, 0.2) is 0 Å². The van der Waals surface area contributed by atoms with Crippen LogP contribution >= 0.6 is 0 Å². The SMILES string of the molecule is CC(C)(C)NS(=O)(=O)N1CCC2(CC1)NC(=O)NC2=O. The summed E-state index contributed by atoms with van der Waals surface area (Å²) in [5.41, 5.74) is -1.52. The first kappa shape index (κ1) is 15.2. The molecule has 20 heavy (non-hydrogen) atoms. The highest BCUT2D eigenvalue weighted by Crippen LogP contribution is 2.26. The minimum atomic E-state index is -3.58. The lowest BCUT2D eigenvalue weighted by molar-refractivity contribution is -0.125. The van der Waals surface area contributed by atoms with Crippen LogP contribution in [0.1, 0.15) is 33.6 Å². The summed E-state index contributed by atoms with van der Waals surface area (Å²) in [7, 11) is -3.58. The zero-order chi connectivity index (χ0) is 15.2. The summed E-state index contributed by atoms with van der Waals surface area (Å²) in [4.78, 5) is 23.0. The number of urea groups is 1. The third-order valence-corrected chi connectivity index (χ3v) is 5.28. The Kier molecular flexibility index (Phi) is 3.55. The topological polar surface area (TPSA) is 108 Å². The number of piperidine rings is 1. The second-order valence-corrected chi connectivity index (χ2v) is 7.92. The van der Waals surface area contributed by atoms with Crippen molar-refractivity contribution in [1.82, 2.24) is 19.7 Å². The fraction of sp³-hybridized carbons (Fsp3) is 0.818. The zero-order valence-corrected chi connectivity index (χ0v) is 12.6. The Balaban J connectivity index is 2.05. The van der Waals surface area contributed by atoms with E-state index in [4.69, 9.17) is 0 Å². The highest BCUT2D eigenvalue weighted by atomic mass is 32.2. The van der Waals surface area contributed by atoms with E-state index >= 15 is 0 Å². The van der Waals surface area contributed by atoms with Crippen molar-refractivity contribution in [2.75, 3.05) is 13.1 Å². The lowest BCUT2D eigenvalue weighted by Gasteiger charge is -2.37. The van der Waals surface area contributed by atoms with Crippen molar-refractivity contribution in [3.05, 3.63) is 0 Å². The second kappa shape index (κ2) is 4.68. The first-order valence-corrected chi connectivity index (χ1v) is 7.91. The molecule has 2 rings (SSSR count). The molecule has 1 spiro atoms. The molecular weight excluding hydrogens is 284 g/mol. The summed E-state index contributed by atoms with van der Waals surface area (Å²) in [6, 6.07) is -0.515. The zero-order valence-electron chi connectivity index (χ0n) is 11.8. The summed E-state index contributed by atoms with van der Waals surface area (Å²) in [5, 5.41) is 4.79. The second-order valence-electron chi connectivity index (χ2n) is 6.25. The van der Waals surface area contributed by atoms with E-state index in [1.54, 1.807) is 20.8 Å². The predicted molar refractivity (Wildman–Crippen MR) is 72.0 cm³/mol. The number of nitrogens with one attached hydrogen (secondary N) is 3. The fourth-order valence-corrected chi connectivity index (χ4v) is 4.01. The van der Waals surface area contributed by atoms with Gasteiger partial charge in [-0.25, -0.2) is 4.79 Å². The van der Waals surface area contributed by atoms with Gasteiger partial charge < -0.3 is 5.32 Å². The van der Waals surface area contributed by atoms with Crippen molar-refractivity contribution in [3.63, 3.8) is 0 Å². The predicted octanol–water partition coefficient (Wildman–Crippen LogP) is -0.707. The van der Waals surface area contributed by atoms with E-state index in [0.717, 1.165) is 0 Å². The summed E-state index contributed by atoms with van der Waals surface area (Å²) in [5.74, 6) is -0.372. The smallest absolute Gasteiger partial charge is 0.322 e. The molecule has 114 valence electrons. The molecule has 0 saturated carbocycles. The van der Waals surface area contributed by atoms with Crippen LogP contribution in [0, 0.1) is 0 Å². The molecule has 8 nitrogen and oxygen atoms in total. The monoisotopic (exact) mass is 304 g/mol. The van der Waals surface area contributed by atoms with Crippen LogP contribution < -0.4 is 15.4 Å². The van der Waals surface area contributed by atoms with Crippen LogP contribution in [-0.2, 0) is 15.0 Å². The average molecular weight is 304 g/mol. The van der Waals surface area contributed by atoms with Gasteiger partial charge in [0.2, 0.25) is 0 Å². The van der Waals surface area contributed by atoms with Crippen molar-refractivity contribution in [2.45, 2.75) is 44.7 Å². The Morgan fingerprint density at radius 3 is 2.15 bits per heavy atom. The summed E-state index contributed by atoms with van der Waals surface area (Å²) in [6.07, 6.45) is 0.547. The van der Waals surface area contributed by atoms with Gasteiger partial charge in [0, 0.05) is 18.6 Å².